The molecule has 1 fully saturated rings. The molecule has 5 rings (SSSR count). The minimum absolute atomic E-state index is 0.0454. The van der Waals surface area contributed by atoms with Gasteiger partial charge in [0.05, 0.1) is 24.5 Å². The summed E-state index contributed by atoms with van der Waals surface area (Å²) in [4.78, 5) is 22.1. The van der Waals surface area contributed by atoms with Crippen LogP contribution in [-0.4, -0.2) is 21.3 Å². The lowest BCUT2D eigenvalue weighted by Crippen LogP contribution is -2.57. The third kappa shape index (κ3) is 2.54. The average Bonchev–Trinajstić information content (AvgIpc) is 2.87. The molecule has 0 unspecified atom stereocenters. The van der Waals surface area contributed by atoms with E-state index in [9.17, 15) is 4.79 Å². The number of nitrogens with zero attached hydrogens (tertiary/aromatic N) is 3. The number of aryl methyl sites for hydroxylation is 1. The summed E-state index contributed by atoms with van der Waals surface area (Å²) >= 11 is 0. The van der Waals surface area contributed by atoms with Crippen molar-refractivity contribution in [1.29, 1.82) is 0 Å². The Morgan fingerprint density at radius 1 is 1.26 bits per heavy atom. The number of rotatable bonds is 2. The van der Waals surface area contributed by atoms with Crippen molar-refractivity contribution in [2.24, 2.45) is 0 Å². The fourth-order valence-corrected chi connectivity index (χ4v) is 4.06. The van der Waals surface area contributed by atoms with Gasteiger partial charge in [-0.2, -0.15) is 0 Å². The van der Waals surface area contributed by atoms with Crippen molar-refractivity contribution in [3.05, 3.63) is 58.3 Å². The quantitative estimate of drug-likeness (QED) is 0.729. The summed E-state index contributed by atoms with van der Waals surface area (Å²) in [7, 11) is 0. The normalized spacial score (nSPS) is 18.0. The number of fused-ring (bicyclic) bond motifs is 3. The first-order chi connectivity index (χ1) is 13.2. The highest BCUT2D eigenvalue weighted by Gasteiger charge is 2.42. The third-order valence-corrected chi connectivity index (χ3v) is 5.67. The Morgan fingerprint density at radius 3 is 2.93 bits per heavy atom. The van der Waals surface area contributed by atoms with E-state index in [-0.39, 0.29) is 11.2 Å². The van der Waals surface area contributed by atoms with Crippen LogP contribution < -0.4 is 16.2 Å². The number of hydrogen-bond donors (Lipinski definition) is 2. The van der Waals surface area contributed by atoms with E-state index >= 15 is 0 Å². The van der Waals surface area contributed by atoms with Crippen LogP contribution >= 0.6 is 0 Å². The van der Waals surface area contributed by atoms with Crippen molar-refractivity contribution < 1.29 is 4.74 Å². The SMILES string of the molecule is Cc1cc(Nc2ncnc3ccccc23)c(=O)n2c1COCNC21CCC1. The molecule has 0 bridgehead atoms. The molecular formula is C20H21N5O2. The second-order valence-corrected chi connectivity index (χ2v) is 7.25. The Bertz CT molecular complexity index is 1080. The van der Waals surface area contributed by atoms with Gasteiger partial charge in [-0.1, -0.05) is 12.1 Å². The van der Waals surface area contributed by atoms with E-state index in [4.69, 9.17) is 4.74 Å². The van der Waals surface area contributed by atoms with E-state index in [1.54, 1.807) is 0 Å². The lowest BCUT2D eigenvalue weighted by molar-refractivity contribution is 0.0428. The Morgan fingerprint density at radius 2 is 2.11 bits per heavy atom. The maximum Gasteiger partial charge on any atom is 0.276 e. The minimum Gasteiger partial charge on any atom is -0.360 e. The van der Waals surface area contributed by atoms with Crippen LogP contribution in [-0.2, 0) is 17.0 Å². The van der Waals surface area contributed by atoms with Gasteiger partial charge in [0, 0.05) is 5.39 Å². The van der Waals surface area contributed by atoms with Crippen molar-refractivity contribution in [3.63, 3.8) is 0 Å². The highest BCUT2D eigenvalue weighted by atomic mass is 16.5. The molecule has 27 heavy (non-hydrogen) atoms. The standard InChI is InChI=1S/C20H21N5O2/c1-13-9-16(24-18-14-5-2-3-6-15(14)21-11-22-18)19(26)25-17(13)10-27-12-23-20(25)7-4-8-20/h2-3,5-6,9,11,23H,4,7-8,10,12H2,1H3,(H,21,22,24). The summed E-state index contributed by atoms with van der Waals surface area (Å²) in [6.07, 6.45) is 4.48. The summed E-state index contributed by atoms with van der Waals surface area (Å²) in [5, 5.41) is 7.57. The van der Waals surface area contributed by atoms with Crippen molar-refractivity contribution in [3.8, 4) is 0 Å². The van der Waals surface area contributed by atoms with Crippen LogP contribution in [0.5, 0.6) is 0 Å². The molecule has 138 valence electrons. The number of para-hydroxylation sites is 1. The van der Waals surface area contributed by atoms with Crippen LogP contribution in [0.2, 0.25) is 0 Å². The van der Waals surface area contributed by atoms with Gasteiger partial charge < -0.3 is 10.1 Å². The number of anilines is 2. The van der Waals surface area contributed by atoms with Crippen molar-refractivity contribution in [2.45, 2.75) is 38.5 Å². The molecule has 0 amide bonds. The Kier molecular flexibility index (Phi) is 3.73. The maximum atomic E-state index is 13.4. The maximum absolute atomic E-state index is 13.4. The highest BCUT2D eigenvalue weighted by Crippen LogP contribution is 2.38. The van der Waals surface area contributed by atoms with Gasteiger partial charge in [-0.3, -0.25) is 14.7 Å². The molecule has 7 heteroatoms. The Hall–Kier alpha value is -2.77. The van der Waals surface area contributed by atoms with Crippen molar-refractivity contribution in [1.82, 2.24) is 19.9 Å². The lowest BCUT2D eigenvalue weighted by Gasteiger charge is -2.44. The van der Waals surface area contributed by atoms with E-state index in [2.05, 4.69) is 20.6 Å². The average molecular weight is 363 g/mol. The van der Waals surface area contributed by atoms with E-state index in [1.807, 2.05) is 41.8 Å². The van der Waals surface area contributed by atoms with Gasteiger partial charge in [-0.25, -0.2) is 9.97 Å². The molecule has 1 aliphatic heterocycles. The van der Waals surface area contributed by atoms with Crippen LogP contribution in [0, 0.1) is 6.92 Å². The molecule has 1 spiro atoms. The molecule has 2 N–H and O–H groups in total. The summed E-state index contributed by atoms with van der Waals surface area (Å²) in [6.45, 7) is 2.92. The van der Waals surface area contributed by atoms with E-state index in [0.29, 0.717) is 24.8 Å². The molecule has 0 radical (unpaired) electrons. The summed E-state index contributed by atoms with van der Waals surface area (Å²) in [6, 6.07) is 9.66. The van der Waals surface area contributed by atoms with Crippen molar-refractivity contribution >= 4 is 22.4 Å². The predicted molar refractivity (Wildman–Crippen MR) is 103 cm³/mol. The van der Waals surface area contributed by atoms with E-state index in [0.717, 1.165) is 41.4 Å². The van der Waals surface area contributed by atoms with Gasteiger partial charge >= 0.3 is 0 Å². The molecule has 1 aliphatic carbocycles. The summed E-state index contributed by atoms with van der Waals surface area (Å²) in [5.74, 6) is 0.637. The van der Waals surface area contributed by atoms with E-state index in [1.165, 1.54) is 6.33 Å². The number of hydrogen-bond acceptors (Lipinski definition) is 6. The summed E-state index contributed by atoms with van der Waals surface area (Å²) in [5.41, 5.74) is 2.96. The smallest absolute Gasteiger partial charge is 0.276 e. The van der Waals surface area contributed by atoms with Gasteiger partial charge in [0.1, 0.15) is 23.5 Å². The predicted octanol–water partition coefficient (Wildman–Crippen LogP) is 2.76. The first kappa shape index (κ1) is 16.4. The molecule has 3 aromatic rings. The monoisotopic (exact) mass is 363 g/mol. The lowest BCUT2D eigenvalue weighted by atomic mass is 9.84. The molecule has 2 aliphatic rings. The minimum atomic E-state index is -0.334. The highest BCUT2D eigenvalue weighted by molar-refractivity contribution is 5.90. The molecule has 7 nitrogen and oxygen atoms in total. The zero-order valence-corrected chi connectivity index (χ0v) is 15.2. The van der Waals surface area contributed by atoms with Crippen LogP contribution in [0.3, 0.4) is 0 Å². The van der Waals surface area contributed by atoms with Crippen LogP contribution in [0.25, 0.3) is 10.9 Å². The first-order valence-electron chi connectivity index (χ1n) is 9.23. The molecule has 1 aromatic carbocycles. The third-order valence-electron chi connectivity index (χ3n) is 5.67. The number of aromatic nitrogens is 3. The van der Waals surface area contributed by atoms with Crippen molar-refractivity contribution in [2.75, 3.05) is 12.0 Å². The molecule has 0 atom stereocenters. The topological polar surface area (TPSA) is 81.1 Å². The second kappa shape index (κ2) is 6.14. The molecule has 3 heterocycles. The largest absolute Gasteiger partial charge is 0.360 e. The molecule has 1 saturated carbocycles. The van der Waals surface area contributed by atoms with Gasteiger partial charge in [0.25, 0.3) is 5.56 Å². The molecule has 2 aromatic heterocycles. The van der Waals surface area contributed by atoms with Gasteiger partial charge in [0.2, 0.25) is 0 Å². The second-order valence-electron chi connectivity index (χ2n) is 7.25. The fraction of sp³-hybridized carbons (Fsp3) is 0.350. The number of pyridine rings is 1. The number of ether oxygens (including phenoxy) is 1. The number of nitrogens with one attached hydrogen (secondary N) is 2. The first-order valence-corrected chi connectivity index (χ1v) is 9.23. The van der Waals surface area contributed by atoms with Crippen LogP contribution in [0.15, 0.2) is 41.5 Å². The van der Waals surface area contributed by atoms with Gasteiger partial charge in [0.15, 0.2) is 0 Å². The zero-order valence-electron chi connectivity index (χ0n) is 15.2. The van der Waals surface area contributed by atoms with Gasteiger partial charge in [-0.05, 0) is 49.9 Å². The fourth-order valence-electron chi connectivity index (χ4n) is 4.06. The number of benzene rings is 1. The van der Waals surface area contributed by atoms with Crippen LogP contribution in [0.4, 0.5) is 11.5 Å². The van der Waals surface area contributed by atoms with Crippen LogP contribution in [0.1, 0.15) is 30.5 Å². The Labute approximate surface area is 156 Å². The summed E-state index contributed by atoms with van der Waals surface area (Å²) < 4.78 is 7.60. The molecular weight excluding hydrogens is 342 g/mol. The Balaban J connectivity index is 1.66. The zero-order chi connectivity index (χ0) is 18.4. The molecule has 0 saturated heterocycles. The van der Waals surface area contributed by atoms with Gasteiger partial charge in [-0.15, -0.1) is 0 Å². The van der Waals surface area contributed by atoms with E-state index < -0.39 is 0 Å².